The lowest BCUT2D eigenvalue weighted by molar-refractivity contribution is -0.150. The van der Waals surface area contributed by atoms with Crippen LogP contribution in [-0.2, 0) is 41.6 Å². The zero-order valence-electron chi connectivity index (χ0n) is 40.8. The van der Waals surface area contributed by atoms with Gasteiger partial charge >= 0.3 is 0 Å². The Morgan fingerprint density at radius 3 is 1.73 bits per heavy atom. The van der Waals surface area contributed by atoms with Crippen molar-refractivity contribution in [2.45, 2.75) is 78.4 Å². The molecule has 70 heavy (non-hydrogen) atoms. The van der Waals surface area contributed by atoms with E-state index in [-0.39, 0.29) is 10.8 Å². The summed E-state index contributed by atoms with van der Waals surface area (Å²) in [6, 6.07) is 40.6. The summed E-state index contributed by atoms with van der Waals surface area (Å²) in [7, 11) is 0. The Morgan fingerprint density at radius 2 is 1.10 bits per heavy atom. The topological polar surface area (TPSA) is 99.2 Å². The van der Waals surface area contributed by atoms with Crippen molar-refractivity contribution >= 4 is 65.4 Å². The maximum absolute atomic E-state index is 7.04. The number of furan rings is 1. The summed E-state index contributed by atoms with van der Waals surface area (Å²) in [4.78, 5) is 10.8. The van der Waals surface area contributed by atoms with Crippen LogP contribution in [0.15, 0.2) is 120 Å². The van der Waals surface area contributed by atoms with E-state index in [1.54, 1.807) is 0 Å². The third-order valence-electron chi connectivity index (χ3n) is 14.9. The Kier molecular flexibility index (Phi) is 14.0. The molecule has 0 unspecified atom stereocenters. The molecule has 2 saturated heterocycles. The number of ether oxygens (including phenoxy) is 6. The first-order valence-electron chi connectivity index (χ1n) is 25.7. The molecule has 0 radical (unpaired) electrons. The zero-order chi connectivity index (χ0) is 47.3. The zero-order valence-corrected chi connectivity index (χ0v) is 40.8. The van der Waals surface area contributed by atoms with E-state index in [4.69, 9.17) is 42.8 Å². The van der Waals surface area contributed by atoms with Crippen molar-refractivity contribution in [3.8, 4) is 17.2 Å². The number of hydrogen-bond acceptors (Lipinski definition) is 9. The van der Waals surface area contributed by atoms with Gasteiger partial charge in [-0.2, -0.15) is 0 Å². The second-order valence-electron chi connectivity index (χ2n) is 19.9. The van der Waals surface area contributed by atoms with Gasteiger partial charge in [0.2, 0.25) is 5.95 Å². The lowest BCUT2D eigenvalue weighted by atomic mass is 9.84. The normalized spacial score (nSPS) is 15.5. The van der Waals surface area contributed by atoms with Gasteiger partial charge in [-0.05, 0) is 98.2 Å². The maximum Gasteiger partial charge on any atom is 0.235 e. The van der Waals surface area contributed by atoms with Crippen molar-refractivity contribution in [1.82, 2.24) is 14.5 Å². The Balaban J connectivity index is 0.900. The molecule has 6 aromatic carbocycles. The molecule has 362 valence electrons. The number of benzene rings is 6. The Labute approximate surface area is 410 Å². The van der Waals surface area contributed by atoms with E-state index in [9.17, 15) is 0 Å². The van der Waals surface area contributed by atoms with Gasteiger partial charge in [0, 0.05) is 69.8 Å². The first kappa shape index (κ1) is 46.7. The third kappa shape index (κ3) is 9.34. The highest BCUT2D eigenvalue weighted by Crippen LogP contribution is 2.46. The molecule has 2 aliphatic rings. The average Bonchev–Trinajstić information content (AvgIpc) is 3.93. The van der Waals surface area contributed by atoms with Gasteiger partial charge in [0.1, 0.15) is 11.2 Å². The number of nitrogens with zero attached hydrogens (tertiary/aromatic N) is 3. The molecule has 9 aromatic rings. The molecule has 0 spiro atoms. The number of hydrogen-bond donors (Lipinski definition) is 0. The molecule has 5 heterocycles. The Bertz CT molecular complexity index is 3230. The third-order valence-corrected chi connectivity index (χ3v) is 14.9. The molecule has 11 rings (SSSR count). The van der Waals surface area contributed by atoms with Crippen LogP contribution in [0.3, 0.4) is 0 Å². The number of aromatic nitrogens is 3. The molecule has 10 heteroatoms. The van der Waals surface area contributed by atoms with Crippen LogP contribution in [0.1, 0.15) is 76.3 Å². The van der Waals surface area contributed by atoms with E-state index in [1.807, 2.05) is 12.1 Å². The maximum atomic E-state index is 7.04. The monoisotopic (exact) mass is 939 g/mol. The molecule has 2 fully saturated rings. The van der Waals surface area contributed by atoms with Crippen LogP contribution in [0.5, 0.6) is 0 Å². The first-order chi connectivity index (χ1) is 34.6. The predicted molar refractivity (Wildman–Crippen MR) is 280 cm³/mol. The first-order valence-corrected chi connectivity index (χ1v) is 25.7. The molecule has 0 atom stereocenters. The summed E-state index contributed by atoms with van der Waals surface area (Å²) in [6.45, 7) is 13.3. The van der Waals surface area contributed by atoms with E-state index in [2.05, 4.69) is 122 Å². The minimum atomic E-state index is 0.229. The molecule has 3 aromatic heterocycles. The van der Waals surface area contributed by atoms with Crippen molar-refractivity contribution < 1.29 is 32.8 Å². The lowest BCUT2D eigenvalue weighted by Gasteiger charge is -2.40. The summed E-state index contributed by atoms with van der Waals surface area (Å²) in [6.07, 6.45) is 8.41. The van der Waals surface area contributed by atoms with Crippen LogP contribution in [0.2, 0.25) is 0 Å². The summed E-state index contributed by atoms with van der Waals surface area (Å²) >= 11 is 0. The molecular formula is C60H65N3O7. The van der Waals surface area contributed by atoms with Gasteiger partial charge in [0.25, 0.3) is 0 Å². The molecule has 0 aliphatic carbocycles. The van der Waals surface area contributed by atoms with Crippen molar-refractivity contribution in [3.05, 3.63) is 126 Å². The largest absolute Gasteiger partial charge is 0.455 e. The standard InChI is InChI=1S/C60H65N3O7/c1-3-59(38-68-39-59)36-66-30-16-6-14-28-64-34-42-24-26-51-48(32-42)54-56(63(51)58-61-50-23-13-12-22-47(50)55(62-58)44-18-8-5-9-19-44)46-21-11-10-20-45(46)53-49-33-43(25-27-52(49)70-57(53)54)35-65-29-15-7-17-31-67-37-60(4-2)40-69-41-60/h5,8-13,18-27,32-33H,3-4,6-7,14-17,28-31,34-41H2,1-2H3. The molecule has 0 N–H and O–H groups in total. The highest BCUT2D eigenvalue weighted by Gasteiger charge is 2.37. The van der Waals surface area contributed by atoms with Gasteiger partial charge in [-0.15, -0.1) is 0 Å². The summed E-state index contributed by atoms with van der Waals surface area (Å²) in [5.74, 6) is 0.609. The fraction of sp³-hybridized carbons (Fsp3) is 0.400. The van der Waals surface area contributed by atoms with Crippen LogP contribution in [0, 0.1) is 10.8 Å². The number of para-hydroxylation sites is 1. The highest BCUT2D eigenvalue weighted by molar-refractivity contribution is 6.35. The van der Waals surface area contributed by atoms with E-state index < -0.39 is 0 Å². The smallest absolute Gasteiger partial charge is 0.235 e. The Morgan fingerprint density at radius 1 is 0.529 bits per heavy atom. The van der Waals surface area contributed by atoms with Crippen LogP contribution >= 0.6 is 0 Å². The van der Waals surface area contributed by atoms with E-state index in [0.29, 0.717) is 32.4 Å². The predicted octanol–water partition coefficient (Wildman–Crippen LogP) is 13.7. The van der Waals surface area contributed by atoms with Gasteiger partial charge in [-0.1, -0.05) is 98.8 Å². The van der Waals surface area contributed by atoms with E-state index >= 15 is 0 Å². The number of rotatable bonds is 24. The number of fused-ring (bicyclic) bond motifs is 11. The SMILES string of the molecule is CCC1(COCCCCCOCc2ccc3oc4c(c3c2)c2ccccc2c2c4c3cc(COCCCCCOCC4(CC)COC4)ccc3n2-c2nc(-c3ccccc3)c3ccccc3n2)COC1. The molecular weight excluding hydrogens is 875 g/mol. The average molecular weight is 940 g/mol. The molecule has 0 bridgehead atoms. The fourth-order valence-corrected chi connectivity index (χ4v) is 10.4. The van der Waals surface area contributed by atoms with Crippen LogP contribution in [-0.4, -0.2) is 80.6 Å². The minimum absolute atomic E-state index is 0.229. The quantitative estimate of drug-likeness (QED) is 0.0548. The van der Waals surface area contributed by atoms with Crippen LogP contribution < -0.4 is 0 Å². The van der Waals surface area contributed by atoms with E-state index in [1.165, 1.54) is 0 Å². The molecule has 0 saturated carbocycles. The van der Waals surface area contributed by atoms with Crippen molar-refractivity contribution in [3.63, 3.8) is 0 Å². The lowest BCUT2D eigenvalue weighted by Crippen LogP contribution is -2.45. The van der Waals surface area contributed by atoms with E-state index in [0.717, 1.165) is 192 Å². The fourth-order valence-electron chi connectivity index (χ4n) is 10.4. The number of unbranched alkanes of at least 4 members (excludes halogenated alkanes) is 4. The van der Waals surface area contributed by atoms with Gasteiger partial charge in [-0.3, -0.25) is 4.57 Å². The Hall–Kier alpha value is -5.72. The van der Waals surface area contributed by atoms with Crippen molar-refractivity contribution in [2.24, 2.45) is 10.8 Å². The highest BCUT2D eigenvalue weighted by atomic mass is 16.5. The van der Waals surface area contributed by atoms with Gasteiger partial charge in [0.05, 0.1) is 80.5 Å². The van der Waals surface area contributed by atoms with Gasteiger partial charge in [-0.25, -0.2) is 9.97 Å². The molecule has 0 amide bonds. The second-order valence-corrected chi connectivity index (χ2v) is 19.9. The second kappa shape index (κ2) is 20.9. The summed E-state index contributed by atoms with van der Waals surface area (Å²) in [5.41, 5.74) is 9.21. The summed E-state index contributed by atoms with van der Waals surface area (Å²) in [5, 5.41) is 7.50. The van der Waals surface area contributed by atoms with Crippen molar-refractivity contribution in [1.29, 1.82) is 0 Å². The molecule has 10 nitrogen and oxygen atoms in total. The van der Waals surface area contributed by atoms with Gasteiger partial charge in [0.15, 0.2) is 0 Å². The van der Waals surface area contributed by atoms with Crippen LogP contribution in [0.25, 0.3) is 82.6 Å². The van der Waals surface area contributed by atoms with Gasteiger partial charge < -0.3 is 32.8 Å². The summed E-state index contributed by atoms with van der Waals surface area (Å²) < 4.78 is 44.9. The van der Waals surface area contributed by atoms with Crippen LogP contribution in [0.4, 0.5) is 0 Å². The minimum Gasteiger partial charge on any atom is -0.455 e. The molecule has 2 aliphatic heterocycles. The van der Waals surface area contributed by atoms with Crippen molar-refractivity contribution in [2.75, 3.05) is 66.1 Å².